The molecule has 1 aliphatic rings. The summed E-state index contributed by atoms with van der Waals surface area (Å²) in [5.41, 5.74) is 1.64. The van der Waals surface area contributed by atoms with Crippen molar-refractivity contribution in [3.8, 4) is 0 Å². The van der Waals surface area contributed by atoms with Crippen LogP contribution in [0, 0.1) is 0 Å². The molecule has 1 aliphatic heterocycles. The van der Waals surface area contributed by atoms with E-state index in [2.05, 4.69) is 31.8 Å². The molecule has 2 aromatic heterocycles. The summed E-state index contributed by atoms with van der Waals surface area (Å²) in [7, 11) is 2.13. The van der Waals surface area contributed by atoms with E-state index >= 15 is 0 Å². The Kier molecular flexibility index (Phi) is 6.89. The number of rotatable bonds is 7. The molecule has 0 N–H and O–H groups in total. The maximum atomic E-state index is 12.7. The highest BCUT2D eigenvalue weighted by atomic mass is 32.2. The van der Waals surface area contributed by atoms with Gasteiger partial charge < -0.3 is 9.80 Å². The van der Waals surface area contributed by atoms with Gasteiger partial charge in [-0.25, -0.2) is 9.97 Å². The zero-order valence-corrected chi connectivity index (χ0v) is 18.7. The third-order valence-corrected chi connectivity index (χ3v) is 6.01. The second-order valence-electron chi connectivity index (χ2n) is 7.55. The average molecular weight is 435 g/mol. The first-order chi connectivity index (χ1) is 15.1. The maximum absolute atomic E-state index is 12.7. The molecule has 0 unspecified atom stereocenters. The van der Waals surface area contributed by atoms with Crippen molar-refractivity contribution in [1.82, 2.24) is 24.8 Å². The van der Waals surface area contributed by atoms with Crippen molar-refractivity contribution in [3.63, 3.8) is 0 Å². The lowest BCUT2D eigenvalue weighted by Crippen LogP contribution is -2.45. The molecule has 1 aromatic carbocycles. The molecule has 0 amide bonds. The van der Waals surface area contributed by atoms with Gasteiger partial charge in [0.2, 0.25) is 5.95 Å². The molecule has 1 saturated heterocycles. The van der Waals surface area contributed by atoms with Gasteiger partial charge in [-0.05, 0) is 36.5 Å². The number of pyridine rings is 1. The Morgan fingerprint density at radius 1 is 1.03 bits per heavy atom. The van der Waals surface area contributed by atoms with E-state index in [-0.39, 0.29) is 5.78 Å². The summed E-state index contributed by atoms with van der Waals surface area (Å²) in [5, 5.41) is 1.32. The Balaban J connectivity index is 1.51. The van der Waals surface area contributed by atoms with Crippen LogP contribution in [0.3, 0.4) is 0 Å². The molecule has 0 spiro atoms. The van der Waals surface area contributed by atoms with Gasteiger partial charge in [0.25, 0.3) is 0 Å². The van der Waals surface area contributed by atoms with E-state index in [0.29, 0.717) is 22.2 Å². The molecule has 3 heterocycles. The van der Waals surface area contributed by atoms with Crippen LogP contribution < -0.4 is 4.90 Å². The standard InChI is InChI=1S/C23H26N6OS/c1-3-20-25-22(29-13-11-28(2)12-14-29)27-23(26-20)31-21-16-18(9-10-24-21)19(30)15-17-7-5-4-6-8-17/h4-10,16H,3,11-15H2,1-2H3. The number of likely N-dealkylation sites (N-methyl/N-ethyl adjacent to an activating group) is 1. The molecule has 7 nitrogen and oxygen atoms in total. The van der Waals surface area contributed by atoms with E-state index in [4.69, 9.17) is 4.98 Å². The molecule has 0 radical (unpaired) electrons. The van der Waals surface area contributed by atoms with Gasteiger partial charge in [-0.3, -0.25) is 4.79 Å². The number of aryl methyl sites for hydroxylation is 1. The van der Waals surface area contributed by atoms with Gasteiger partial charge in [0.1, 0.15) is 10.9 Å². The van der Waals surface area contributed by atoms with Crippen LogP contribution in [-0.4, -0.2) is 63.8 Å². The van der Waals surface area contributed by atoms with Gasteiger partial charge in [-0.15, -0.1) is 0 Å². The molecular formula is C23H26N6OS. The molecule has 0 aliphatic carbocycles. The SMILES string of the molecule is CCc1nc(Sc2cc(C(=O)Cc3ccccc3)ccn2)nc(N2CCN(C)CC2)n1. The van der Waals surface area contributed by atoms with Gasteiger partial charge in [-0.2, -0.15) is 9.97 Å². The summed E-state index contributed by atoms with van der Waals surface area (Å²) in [4.78, 5) is 35.5. The van der Waals surface area contributed by atoms with Crippen molar-refractivity contribution >= 4 is 23.5 Å². The number of aromatic nitrogens is 4. The smallest absolute Gasteiger partial charge is 0.229 e. The van der Waals surface area contributed by atoms with Crippen molar-refractivity contribution < 1.29 is 4.79 Å². The fraction of sp³-hybridized carbons (Fsp3) is 0.348. The quantitative estimate of drug-likeness (QED) is 0.525. The third kappa shape index (κ3) is 5.65. The molecule has 4 rings (SSSR count). The first-order valence-corrected chi connectivity index (χ1v) is 11.3. The van der Waals surface area contributed by atoms with Crippen molar-refractivity contribution in [1.29, 1.82) is 0 Å². The molecule has 0 bridgehead atoms. The highest BCUT2D eigenvalue weighted by Gasteiger charge is 2.19. The number of hydrogen-bond acceptors (Lipinski definition) is 8. The van der Waals surface area contributed by atoms with E-state index in [1.165, 1.54) is 11.8 Å². The normalized spacial score (nSPS) is 14.6. The number of ketones is 1. The van der Waals surface area contributed by atoms with Crippen molar-refractivity contribution in [2.24, 2.45) is 0 Å². The third-order valence-electron chi connectivity index (χ3n) is 5.21. The number of anilines is 1. The fourth-order valence-corrected chi connectivity index (χ4v) is 4.12. The molecule has 8 heteroatoms. The maximum Gasteiger partial charge on any atom is 0.229 e. The number of carbonyl (C=O) groups excluding carboxylic acids is 1. The zero-order valence-electron chi connectivity index (χ0n) is 17.9. The molecular weight excluding hydrogens is 408 g/mol. The summed E-state index contributed by atoms with van der Waals surface area (Å²) < 4.78 is 0. The summed E-state index contributed by atoms with van der Waals surface area (Å²) in [6, 6.07) is 13.3. The minimum atomic E-state index is 0.0680. The Morgan fingerprint density at radius 3 is 2.55 bits per heavy atom. The van der Waals surface area contributed by atoms with E-state index in [1.807, 2.05) is 43.3 Å². The van der Waals surface area contributed by atoms with Crippen LogP contribution in [0.1, 0.15) is 28.7 Å². The summed E-state index contributed by atoms with van der Waals surface area (Å²) >= 11 is 1.37. The second-order valence-corrected chi connectivity index (χ2v) is 8.54. The highest BCUT2D eigenvalue weighted by molar-refractivity contribution is 7.99. The highest BCUT2D eigenvalue weighted by Crippen LogP contribution is 2.25. The monoisotopic (exact) mass is 434 g/mol. The lowest BCUT2D eigenvalue weighted by Gasteiger charge is -2.32. The van der Waals surface area contributed by atoms with E-state index in [1.54, 1.807) is 12.3 Å². The van der Waals surface area contributed by atoms with Crippen LogP contribution in [0.2, 0.25) is 0 Å². The fourth-order valence-electron chi connectivity index (χ4n) is 3.35. The molecule has 3 aromatic rings. The lowest BCUT2D eigenvalue weighted by atomic mass is 10.0. The Labute approximate surface area is 187 Å². The molecule has 160 valence electrons. The largest absolute Gasteiger partial charge is 0.338 e. The zero-order chi connectivity index (χ0) is 21.6. The Morgan fingerprint density at radius 2 is 1.81 bits per heavy atom. The van der Waals surface area contributed by atoms with Crippen LogP contribution in [0.15, 0.2) is 58.8 Å². The summed E-state index contributed by atoms with van der Waals surface area (Å²) in [5.74, 6) is 1.56. The van der Waals surface area contributed by atoms with Crippen LogP contribution in [0.5, 0.6) is 0 Å². The van der Waals surface area contributed by atoms with Crippen LogP contribution in [0.25, 0.3) is 0 Å². The molecule has 0 saturated carbocycles. The minimum absolute atomic E-state index is 0.0680. The summed E-state index contributed by atoms with van der Waals surface area (Å²) in [6.07, 6.45) is 2.78. The van der Waals surface area contributed by atoms with Gasteiger partial charge in [-0.1, -0.05) is 37.3 Å². The first kappa shape index (κ1) is 21.4. The Bertz CT molecular complexity index is 1040. The topological polar surface area (TPSA) is 75.1 Å². The van der Waals surface area contributed by atoms with Gasteiger partial charge in [0, 0.05) is 50.8 Å². The molecule has 0 atom stereocenters. The minimum Gasteiger partial charge on any atom is -0.338 e. The number of piperazine rings is 1. The number of hydrogen-bond donors (Lipinski definition) is 0. The first-order valence-electron chi connectivity index (χ1n) is 10.5. The van der Waals surface area contributed by atoms with Crippen LogP contribution >= 0.6 is 11.8 Å². The predicted octanol–water partition coefficient (Wildman–Crippen LogP) is 3.16. The number of carbonyl (C=O) groups is 1. The van der Waals surface area contributed by atoms with E-state index in [9.17, 15) is 4.79 Å². The number of benzene rings is 1. The van der Waals surface area contributed by atoms with Gasteiger partial charge in [0.15, 0.2) is 10.9 Å². The van der Waals surface area contributed by atoms with Gasteiger partial charge in [0.05, 0.1) is 0 Å². The molecule has 1 fully saturated rings. The van der Waals surface area contributed by atoms with Crippen LogP contribution in [0.4, 0.5) is 5.95 Å². The summed E-state index contributed by atoms with van der Waals surface area (Å²) in [6.45, 7) is 5.81. The Hall–Kier alpha value is -2.84. The second kappa shape index (κ2) is 9.98. The lowest BCUT2D eigenvalue weighted by molar-refractivity contribution is 0.0992. The predicted molar refractivity (Wildman–Crippen MR) is 122 cm³/mol. The van der Waals surface area contributed by atoms with E-state index < -0.39 is 0 Å². The van der Waals surface area contributed by atoms with Crippen LogP contribution in [-0.2, 0) is 12.8 Å². The van der Waals surface area contributed by atoms with Crippen molar-refractivity contribution in [2.75, 3.05) is 38.1 Å². The number of Topliss-reactive ketones (excluding diaryl/α,β-unsaturated/α-hetero) is 1. The average Bonchev–Trinajstić information content (AvgIpc) is 2.80. The van der Waals surface area contributed by atoms with Crippen molar-refractivity contribution in [2.45, 2.75) is 29.9 Å². The molecule has 31 heavy (non-hydrogen) atoms. The van der Waals surface area contributed by atoms with Gasteiger partial charge >= 0.3 is 0 Å². The van der Waals surface area contributed by atoms with Crippen molar-refractivity contribution in [3.05, 3.63) is 65.6 Å². The van der Waals surface area contributed by atoms with E-state index in [0.717, 1.165) is 49.9 Å². The number of nitrogens with zero attached hydrogens (tertiary/aromatic N) is 6.